The molecule has 0 spiro atoms. The molecule has 0 fully saturated rings. The summed E-state index contributed by atoms with van der Waals surface area (Å²) in [7, 11) is 0. The molecule has 0 aromatic heterocycles. The summed E-state index contributed by atoms with van der Waals surface area (Å²) < 4.78 is 50.8. The molecule has 2 nitrogen and oxygen atoms in total. The summed E-state index contributed by atoms with van der Waals surface area (Å²) >= 11 is 5.56. The van der Waals surface area contributed by atoms with Crippen molar-refractivity contribution in [2.24, 2.45) is 0 Å². The fraction of sp³-hybridized carbons (Fsp3) is 0.364. The van der Waals surface area contributed by atoms with E-state index in [4.69, 9.17) is 11.6 Å². The van der Waals surface area contributed by atoms with Crippen LogP contribution >= 0.6 is 11.6 Å². The van der Waals surface area contributed by atoms with Crippen molar-refractivity contribution in [2.45, 2.75) is 18.5 Å². The van der Waals surface area contributed by atoms with E-state index >= 15 is 0 Å². The summed E-state index contributed by atoms with van der Waals surface area (Å²) in [5.41, 5.74) is -2.11. The van der Waals surface area contributed by atoms with E-state index < -0.39 is 34.4 Å². The molecule has 100 valence electrons. The first-order valence-corrected chi connectivity index (χ1v) is 5.45. The number of nitrogens with one attached hydrogen (secondary N) is 1. The van der Waals surface area contributed by atoms with E-state index in [1.54, 1.807) is 6.92 Å². The first-order valence-electron chi connectivity index (χ1n) is 5.01. The summed E-state index contributed by atoms with van der Waals surface area (Å²) in [4.78, 5) is 11.5. The summed E-state index contributed by atoms with van der Waals surface area (Å²) in [5, 5.41) is 1.84. The maximum absolute atomic E-state index is 13.5. The van der Waals surface area contributed by atoms with Crippen LogP contribution in [0.25, 0.3) is 0 Å². The highest BCUT2D eigenvalue weighted by atomic mass is 35.5. The molecule has 0 aliphatic rings. The minimum Gasteiger partial charge on any atom is -0.350 e. The Morgan fingerprint density at radius 1 is 1.44 bits per heavy atom. The Balaban J connectivity index is 3.01. The summed E-state index contributed by atoms with van der Waals surface area (Å²) in [6, 6.07) is 2.54. The molecule has 0 saturated heterocycles. The average Bonchev–Trinajstić information content (AvgIpc) is 2.24. The van der Waals surface area contributed by atoms with Gasteiger partial charge >= 0.3 is 6.18 Å². The Kier molecular flexibility index (Phi) is 4.56. The quantitative estimate of drug-likeness (QED) is 0.670. The third-order valence-corrected chi connectivity index (χ3v) is 2.25. The topological polar surface area (TPSA) is 29.1 Å². The van der Waals surface area contributed by atoms with Gasteiger partial charge in [-0.25, -0.2) is 4.39 Å². The van der Waals surface area contributed by atoms with Gasteiger partial charge in [0, 0.05) is 11.9 Å². The number of carbonyl (C=O) groups excluding carboxylic acids is 1. The van der Waals surface area contributed by atoms with Crippen LogP contribution < -0.4 is 5.32 Å². The van der Waals surface area contributed by atoms with Gasteiger partial charge in [0.15, 0.2) is 0 Å². The zero-order valence-corrected chi connectivity index (χ0v) is 10.1. The van der Waals surface area contributed by atoms with Gasteiger partial charge in [-0.05, 0) is 19.1 Å². The molecule has 0 saturated carbocycles. The summed E-state index contributed by atoms with van der Waals surface area (Å²) in [5.74, 6) is -2.50. The van der Waals surface area contributed by atoms with Crippen molar-refractivity contribution in [3.05, 3.63) is 35.1 Å². The number of carbonyl (C=O) groups is 1. The molecule has 7 heteroatoms. The largest absolute Gasteiger partial charge is 0.419 e. The smallest absolute Gasteiger partial charge is 0.350 e. The number of alkyl halides is 4. The van der Waals surface area contributed by atoms with Crippen molar-refractivity contribution in [3.8, 4) is 0 Å². The Hall–Kier alpha value is -1.30. The predicted molar refractivity (Wildman–Crippen MR) is 59.1 cm³/mol. The highest BCUT2D eigenvalue weighted by Gasteiger charge is 2.35. The van der Waals surface area contributed by atoms with Crippen molar-refractivity contribution in [2.75, 3.05) is 6.54 Å². The van der Waals surface area contributed by atoms with Crippen LogP contribution in [0, 0.1) is 5.82 Å². The monoisotopic (exact) mass is 283 g/mol. The lowest BCUT2D eigenvalue weighted by Gasteiger charge is -2.11. The van der Waals surface area contributed by atoms with Crippen LogP contribution in [0.4, 0.5) is 17.6 Å². The molecule has 0 radical (unpaired) electrons. The molecule has 1 aromatic carbocycles. The molecule has 1 unspecified atom stereocenters. The minimum absolute atomic E-state index is 0.0378. The van der Waals surface area contributed by atoms with Gasteiger partial charge in [0.25, 0.3) is 5.91 Å². The van der Waals surface area contributed by atoms with Gasteiger partial charge in [-0.1, -0.05) is 6.07 Å². The normalized spacial score (nSPS) is 13.2. The van der Waals surface area contributed by atoms with Gasteiger partial charge in [0.1, 0.15) is 5.82 Å². The number of halogens is 5. The van der Waals surface area contributed by atoms with Crippen molar-refractivity contribution in [3.63, 3.8) is 0 Å². The molecule has 1 aromatic rings. The van der Waals surface area contributed by atoms with Crippen LogP contribution in [0.5, 0.6) is 0 Å². The first-order chi connectivity index (χ1) is 8.23. The highest BCUT2D eigenvalue weighted by Crippen LogP contribution is 2.32. The van der Waals surface area contributed by atoms with Crippen LogP contribution in [0.1, 0.15) is 22.8 Å². The standard InChI is InChI=1S/C11H10ClF4NO/c1-6(12)5-17-10(18)7-3-2-4-8(9(7)13)11(14,15)16/h2-4,6H,5H2,1H3,(H,17,18). The van der Waals surface area contributed by atoms with Gasteiger partial charge in [0.05, 0.1) is 11.1 Å². The Morgan fingerprint density at radius 2 is 2.06 bits per heavy atom. The molecule has 1 atom stereocenters. The minimum atomic E-state index is -4.83. The second kappa shape index (κ2) is 5.56. The SMILES string of the molecule is CC(Cl)CNC(=O)c1cccc(C(F)(F)F)c1F. The Labute approximate surface area is 106 Å². The number of hydrogen-bond acceptors (Lipinski definition) is 1. The molecular weight excluding hydrogens is 274 g/mol. The number of amides is 1. The zero-order chi connectivity index (χ0) is 13.9. The number of benzene rings is 1. The van der Waals surface area contributed by atoms with Crippen molar-refractivity contribution in [1.82, 2.24) is 5.32 Å². The highest BCUT2D eigenvalue weighted by molar-refractivity contribution is 6.20. The van der Waals surface area contributed by atoms with E-state index in [-0.39, 0.29) is 6.54 Å². The third-order valence-electron chi connectivity index (χ3n) is 2.09. The van der Waals surface area contributed by atoms with Crippen molar-refractivity contribution in [1.29, 1.82) is 0 Å². The number of rotatable bonds is 3. The molecule has 18 heavy (non-hydrogen) atoms. The molecule has 1 rings (SSSR count). The lowest BCUT2D eigenvalue weighted by molar-refractivity contribution is -0.140. The maximum Gasteiger partial charge on any atom is 0.419 e. The molecule has 0 bridgehead atoms. The molecular formula is C11H10ClF4NO. The van der Waals surface area contributed by atoms with Crippen LogP contribution in [0.15, 0.2) is 18.2 Å². The summed E-state index contributed by atoms with van der Waals surface area (Å²) in [6.45, 7) is 1.63. The average molecular weight is 284 g/mol. The van der Waals surface area contributed by atoms with Gasteiger partial charge in [0.2, 0.25) is 0 Å². The summed E-state index contributed by atoms with van der Waals surface area (Å²) in [6.07, 6.45) is -4.83. The fourth-order valence-electron chi connectivity index (χ4n) is 1.25. The molecule has 0 aliphatic heterocycles. The van der Waals surface area contributed by atoms with Crippen molar-refractivity contribution >= 4 is 17.5 Å². The lowest BCUT2D eigenvalue weighted by Crippen LogP contribution is -2.29. The van der Waals surface area contributed by atoms with Crippen LogP contribution in [0.3, 0.4) is 0 Å². The van der Waals surface area contributed by atoms with E-state index in [1.165, 1.54) is 0 Å². The van der Waals surface area contributed by atoms with E-state index in [0.29, 0.717) is 6.07 Å². The molecule has 0 aliphatic carbocycles. The van der Waals surface area contributed by atoms with E-state index in [2.05, 4.69) is 5.32 Å². The van der Waals surface area contributed by atoms with Crippen LogP contribution in [-0.4, -0.2) is 17.8 Å². The van der Waals surface area contributed by atoms with Gasteiger partial charge in [-0.2, -0.15) is 13.2 Å². The molecule has 1 amide bonds. The fourth-order valence-corrected chi connectivity index (χ4v) is 1.33. The van der Waals surface area contributed by atoms with Gasteiger partial charge in [-0.3, -0.25) is 4.79 Å². The predicted octanol–water partition coefficient (Wildman–Crippen LogP) is 3.20. The molecule has 0 heterocycles. The second-order valence-electron chi connectivity index (χ2n) is 3.66. The third kappa shape index (κ3) is 3.60. The van der Waals surface area contributed by atoms with Crippen molar-refractivity contribution < 1.29 is 22.4 Å². The van der Waals surface area contributed by atoms with Gasteiger partial charge < -0.3 is 5.32 Å². The van der Waals surface area contributed by atoms with Gasteiger partial charge in [-0.15, -0.1) is 11.6 Å². The number of hydrogen-bond donors (Lipinski definition) is 1. The van der Waals surface area contributed by atoms with E-state index in [1.807, 2.05) is 0 Å². The Morgan fingerprint density at radius 3 is 2.56 bits per heavy atom. The second-order valence-corrected chi connectivity index (χ2v) is 4.40. The molecule has 1 N–H and O–H groups in total. The lowest BCUT2D eigenvalue weighted by atomic mass is 10.1. The first kappa shape index (κ1) is 14.8. The zero-order valence-electron chi connectivity index (χ0n) is 9.31. The Bertz CT molecular complexity index is 445. The van der Waals surface area contributed by atoms with Crippen LogP contribution in [0.2, 0.25) is 0 Å². The van der Waals surface area contributed by atoms with Crippen LogP contribution in [-0.2, 0) is 6.18 Å². The van der Waals surface area contributed by atoms with E-state index in [0.717, 1.165) is 12.1 Å². The maximum atomic E-state index is 13.5. The van der Waals surface area contributed by atoms with E-state index in [9.17, 15) is 22.4 Å².